The number of carbonyl (C=O) groups excluding carboxylic acids is 1. The largest absolute Gasteiger partial charge is 0.480 e. The zero-order valence-electron chi connectivity index (χ0n) is 11.1. The van der Waals surface area contributed by atoms with Crippen molar-refractivity contribution in [1.82, 2.24) is 19.9 Å². The molecule has 2 aromatic rings. The molecule has 2 aromatic heterocycles. The molecule has 3 heterocycles. The van der Waals surface area contributed by atoms with Crippen LogP contribution in [-0.4, -0.2) is 39.4 Å². The predicted molar refractivity (Wildman–Crippen MR) is 71.3 cm³/mol. The summed E-state index contributed by atoms with van der Waals surface area (Å²) in [6.45, 7) is 1.16. The number of methoxy groups -OCH3 is 1. The van der Waals surface area contributed by atoms with Gasteiger partial charge in [-0.15, -0.1) is 0 Å². The lowest BCUT2D eigenvalue weighted by atomic mass is 10.1. The van der Waals surface area contributed by atoms with E-state index in [9.17, 15) is 4.79 Å². The van der Waals surface area contributed by atoms with Gasteiger partial charge in [-0.2, -0.15) is 0 Å². The molecule has 0 N–H and O–H groups in total. The summed E-state index contributed by atoms with van der Waals surface area (Å²) in [6, 6.07) is 3.46. The fourth-order valence-electron chi connectivity index (χ4n) is 2.33. The second kappa shape index (κ2) is 5.24. The summed E-state index contributed by atoms with van der Waals surface area (Å²) < 4.78 is 5.14. The van der Waals surface area contributed by atoms with Crippen LogP contribution in [0.3, 0.4) is 0 Å². The number of nitrogens with zero attached hydrogens (tertiary/aromatic N) is 4. The van der Waals surface area contributed by atoms with Gasteiger partial charge in [-0.25, -0.2) is 15.0 Å². The Hall–Kier alpha value is -2.50. The number of pyridine rings is 1. The minimum atomic E-state index is -0.0792. The van der Waals surface area contributed by atoms with E-state index in [0.717, 1.165) is 17.7 Å². The standard InChI is InChI=1S/C14H14N4O2/c1-20-13-11(3-2-5-16-13)14(19)18-6-4-12-10(8-18)7-15-9-17-12/h2-3,5,7,9H,4,6,8H2,1H3. The average molecular weight is 270 g/mol. The second-order valence-corrected chi connectivity index (χ2v) is 4.53. The summed E-state index contributed by atoms with van der Waals surface area (Å²) in [5.74, 6) is 0.275. The molecule has 3 rings (SSSR count). The predicted octanol–water partition coefficient (Wildman–Crippen LogP) is 1.08. The Labute approximate surface area is 116 Å². The fourth-order valence-corrected chi connectivity index (χ4v) is 2.33. The van der Waals surface area contributed by atoms with E-state index in [-0.39, 0.29) is 5.91 Å². The van der Waals surface area contributed by atoms with Crippen molar-refractivity contribution < 1.29 is 9.53 Å². The molecule has 0 unspecified atom stereocenters. The molecule has 1 amide bonds. The van der Waals surface area contributed by atoms with E-state index >= 15 is 0 Å². The second-order valence-electron chi connectivity index (χ2n) is 4.53. The molecule has 102 valence electrons. The van der Waals surface area contributed by atoms with E-state index in [4.69, 9.17) is 4.74 Å². The van der Waals surface area contributed by atoms with Crippen LogP contribution in [0.2, 0.25) is 0 Å². The number of rotatable bonds is 2. The molecular formula is C14H14N4O2. The summed E-state index contributed by atoms with van der Waals surface area (Å²) in [4.78, 5) is 26.6. The average Bonchev–Trinajstić information content (AvgIpc) is 2.53. The minimum Gasteiger partial charge on any atom is -0.480 e. The Morgan fingerprint density at radius 2 is 2.30 bits per heavy atom. The van der Waals surface area contributed by atoms with E-state index in [0.29, 0.717) is 24.5 Å². The van der Waals surface area contributed by atoms with Gasteiger partial charge in [0, 0.05) is 37.5 Å². The van der Waals surface area contributed by atoms with E-state index in [1.807, 2.05) is 0 Å². The SMILES string of the molecule is COc1ncccc1C(=O)N1CCc2ncncc2C1. The van der Waals surface area contributed by atoms with E-state index < -0.39 is 0 Å². The van der Waals surface area contributed by atoms with Gasteiger partial charge in [-0.1, -0.05) is 0 Å². The quantitative estimate of drug-likeness (QED) is 0.816. The number of carbonyl (C=O) groups is 1. The highest BCUT2D eigenvalue weighted by Crippen LogP contribution is 2.21. The van der Waals surface area contributed by atoms with Gasteiger partial charge in [-0.3, -0.25) is 4.79 Å². The summed E-state index contributed by atoms with van der Waals surface area (Å²) in [7, 11) is 1.51. The highest BCUT2D eigenvalue weighted by Gasteiger charge is 2.24. The first kappa shape index (κ1) is 12.5. The van der Waals surface area contributed by atoms with Crippen molar-refractivity contribution in [2.75, 3.05) is 13.7 Å². The van der Waals surface area contributed by atoms with Gasteiger partial charge >= 0.3 is 0 Å². The molecule has 1 aliphatic rings. The van der Waals surface area contributed by atoms with Gasteiger partial charge in [0.15, 0.2) is 0 Å². The van der Waals surface area contributed by atoms with Crippen molar-refractivity contribution in [2.45, 2.75) is 13.0 Å². The van der Waals surface area contributed by atoms with Crippen LogP contribution < -0.4 is 4.74 Å². The van der Waals surface area contributed by atoms with Crippen LogP contribution in [0.25, 0.3) is 0 Å². The van der Waals surface area contributed by atoms with Crippen LogP contribution >= 0.6 is 0 Å². The maximum atomic E-state index is 12.6. The van der Waals surface area contributed by atoms with Crippen LogP contribution in [0.1, 0.15) is 21.6 Å². The van der Waals surface area contributed by atoms with Crippen molar-refractivity contribution in [1.29, 1.82) is 0 Å². The molecule has 0 saturated heterocycles. The Morgan fingerprint density at radius 3 is 3.15 bits per heavy atom. The van der Waals surface area contributed by atoms with Crippen molar-refractivity contribution in [3.05, 3.63) is 47.7 Å². The maximum absolute atomic E-state index is 12.6. The number of fused-ring (bicyclic) bond motifs is 1. The molecular weight excluding hydrogens is 256 g/mol. The maximum Gasteiger partial charge on any atom is 0.259 e. The normalized spacial score (nSPS) is 13.8. The molecule has 0 spiro atoms. The number of hydrogen-bond donors (Lipinski definition) is 0. The Balaban J connectivity index is 1.86. The Bertz CT molecular complexity index is 645. The van der Waals surface area contributed by atoms with Gasteiger partial charge in [0.25, 0.3) is 5.91 Å². The van der Waals surface area contributed by atoms with Crippen LogP contribution in [-0.2, 0) is 13.0 Å². The molecule has 6 heteroatoms. The van der Waals surface area contributed by atoms with Crippen LogP contribution in [0.15, 0.2) is 30.9 Å². The number of ether oxygens (including phenoxy) is 1. The molecule has 0 aliphatic carbocycles. The lowest BCUT2D eigenvalue weighted by molar-refractivity contribution is 0.0729. The van der Waals surface area contributed by atoms with Gasteiger partial charge < -0.3 is 9.64 Å². The number of amides is 1. The third kappa shape index (κ3) is 2.20. The summed E-state index contributed by atoms with van der Waals surface area (Å²) >= 11 is 0. The molecule has 0 saturated carbocycles. The molecule has 0 fully saturated rings. The van der Waals surface area contributed by atoms with Crippen molar-refractivity contribution >= 4 is 5.91 Å². The monoisotopic (exact) mass is 270 g/mol. The van der Waals surface area contributed by atoms with Crippen molar-refractivity contribution in [2.24, 2.45) is 0 Å². The van der Waals surface area contributed by atoms with Gasteiger partial charge in [0.05, 0.1) is 12.8 Å². The molecule has 20 heavy (non-hydrogen) atoms. The summed E-state index contributed by atoms with van der Waals surface area (Å²) in [5.41, 5.74) is 2.49. The molecule has 0 aromatic carbocycles. The van der Waals surface area contributed by atoms with Crippen molar-refractivity contribution in [3.63, 3.8) is 0 Å². The molecule has 1 aliphatic heterocycles. The molecule has 0 atom stereocenters. The van der Waals surface area contributed by atoms with E-state index in [1.165, 1.54) is 7.11 Å². The smallest absolute Gasteiger partial charge is 0.259 e. The first-order chi connectivity index (χ1) is 9.79. The van der Waals surface area contributed by atoms with Gasteiger partial charge in [0.1, 0.15) is 11.9 Å². The lowest BCUT2D eigenvalue weighted by Crippen LogP contribution is -2.36. The topological polar surface area (TPSA) is 68.2 Å². The Kier molecular flexibility index (Phi) is 3.28. The molecule has 0 radical (unpaired) electrons. The third-order valence-electron chi connectivity index (χ3n) is 3.34. The molecule has 6 nitrogen and oxygen atoms in total. The van der Waals surface area contributed by atoms with Crippen LogP contribution in [0.4, 0.5) is 0 Å². The number of aromatic nitrogens is 3. The van der Waals surface area contributed by atoms with E-state index in [2.05, 4.69) is 15.0 Å². The first-order valence-corrected chi connectivity index (χ1v) is 6.35. The third-order valence-corrected chi connectivity index (χ3v) is 3.34. The van der Waals surface area contributed by atoms with Crippen LogP contribution in [0, 0.1) is 0 Å². The van der Waals surface area contributed by atoms with Gasteiger partial charge in [0.2, 0.25) is 5.88 Å². The van der Waals surface area contributed by atoms with E-state index in [1.54, 1.807) is 35.8 Å². The minimum absolute atomic E-state index is 0.0792. The first-order valence-electron chi connectivity index (χ1n) is 6.35. The summed E-state index contributed by atoms with van der Waals surface area (Å²) in [5, 5.41) is 0. The van der Waals surface area contributed by atoms with Crippen molar-refractivity contribution in [3.8, 4) is 5.88 Å². The summed E-state index contributed by atoms with van der Waals surface area (Å²) in [6.07, 6.45) is 5.66. The Morgan fingerprint density at radius 1 is 1.40 bits per heavy atom. The number of hydrogen-bond acceptors (Lipinski definition) is 5. The zero-order chi connectivity index (χ0) is 13.9. The highest BCUT2D eigenvalue weighted by atomic mass is 16.5. The van der Waals surface area contributed by atoms with Gasteiger partial charge in [-0.05, 0) is 12.1 Å². The zero-order valence-corrected chi connectivity index (χ0v) is 11.1. The lowest BCUT2D eigenvalue weighted by Gasteiger charge is -2.28. The highest BCUT2D eigenvalue weighted by molar-refractivity contribution is 5.96. The fraction of sp³-hybridized carbons (Fsp3) is 0.286. The van der Waals surface area contributed by atoms with Crippen LogP contribution in [0.5, 0.6) is 5.88 Å². The molecule has 0 bridgehead atoms.